The first kappa shape index (κ1) is 14.9. The van der Waals surface area contributed by atoms with Crippen LogP contribution in [0.3, 0.4) is 0 Å². The lowest BCUT2D eigenvalue weighted by Gasteiger charge is -2.22. The molecule has 0 spiro atoms. The number of carbonyl (C=O) groups excluding carboxylic acids is 1. The maximum Gasteiger partial charge on any atom is 0.233 e. The monoisotopic (exact) mass is 264 g/mol. The molecule has 1 rings (SSSR count). The van der Waals surface area contributed by atoms with Crippen LogP contribution in [-0.4, -0.2) is 33.9 Å². The molecule has 0 aromatic carbocycles. The topological polar surface area (TPSA) is 91.8 Å². The van der Waals surface area contributed by atoms with Crippen LogP contribution >= 0.6 is 0 Å². The van der Waals surface area contributed by atoms with E-state index in [9.17, 15) is 4.79 Å². The number of amides is 1. The van der Waals surface area contributed by atoms with Crippen molar-refractivity contribution in [3.05, 3.63) is 30.1 Å². The van der Waals surface area contributed by atoms with Gasteiger partial charge in [0.05, 0.1) is 5.92 Å². The maximum absolute atomic E-state index is 12.3. The van der Waals surface area contributed by atoms with Crippen LogP contribution in [-0.2, 0) is 11.3 Å². The summed E-state index contributed by atoms with van der Waals surface area (Å²) in [4.78, 5) is 17.8. The summed E-state index contributed by atoms with van der Waals surface area (Å²) >= 11 is 0. The number of aromatic nitrogens is 1. The van der Waals surface area contributed by atoms with E-state index in [-0.39, 0.29) is 11.7 Å². The molecule has 1 aromatic rings. The highest BCUT2D eigenvalue weighted by Gasteiger charge is 2.25. The fourth-order valence-corrected chi connectivity index (χ4v) is 1.87. The van der Waals surface area contributed by atoms with Crippen molar-refractivity contribution in [2.24, 2.45) is 16.8 Å². The van der Waals surface area contributed by atoms with E-state index in [1.165, 1.54) is 0 Å². The SMILES string of the molecule is CCCC(C(=O)N(C)Cc1cccnc1)C(N)=NO. The molecule has 1 aromatic heterocycles. The molecule has 3 N–H and O–H groups in total. The Labute approximate surface area is 112 Å². The van der Waals surface area contributed by atoms with E-state index in [1.54, 1.807) is 24.3 Å². The number of pyridine rings is 1. The molecule has 19 heavy (non-hydrogen) atoms. The van der Waals surface area contributed by atoms with Crippen LogP contribution in [0.15, 0.2) is 29.7 Å². The number of amidine groups is 1. The fraction of sp³-hybridized carbons (Fsp3) is 0.462. The van der Waals surface area contributed by atoms with Gasteiger partial charge in [-0.25, -0.2) is 0 Å². The highest BCUT2D eigenvalue weighted by atomic mass is 16.4. The Hall–Kier alpha value is -2.11. The molecule has 0 aliphatic heterocycles. The minimum atomic E-state index is -0.573. The number of hydrogen-bond donors (Lipinski definition) is 2. The molecule has 0 radical (unpaired) electrons. The first-order chi connectivity index (χ1) is 9.10. The first-order valence-corrected chi connectivity index (χ1v) is 6.21. The Kier molecular flexibility index (Phi) is 5.78. The van der Waals surface area contributed by atoms with Crippen LogP contribution in [0, 0.1) is 5.92 Å². The third-order valence-electron chi connectivity index (χ3n) is 2.87. The zero-order valence-corrected chi connectivity index (χ0v) is 11.3. The molecular weight excluding hydrogens is 244 g/mol. The lowest BCUT2D eigenvalue weighted by atomic mass is 10.0. The van der Waals surface area contributed by atoms with Gasteiger partial charge in [-0.05, 0) is 18.1 Å². The number of hydrogen-bond acceptors (Lipinski definition) is 4. The van der Waals surface area contributed by atoms with E-state index in [4.69, 9.17) is 10.9 Å². The van der Waals surface area contributed by atoms with Gasteiger partial charge in [0.25, 0.3) is 0 Å². The Morgan fingerprint density at radius 3 is 2.89 bits per heavy atom. The summed E-state index contributed by atoms with van der Waals surface area (Å²) < 4.78 is 0. The van der Waals surface area contributed by atoms with Crippen molar-refractivity contribution >= 4 is 11.7 Å². The lowest BCUT2D eigenvalue weighted by molar-refractivity contribution is -0.132. The van der Waals surface area contributed by atoms with Gasteiger partial charge in [-0.15, -0.1) is 0 Å². The Morgan fingerprint density at radius 2 is 2.37 bits per heavy atom. The summed E-state index contributed by atoms with van der Waals surface area (Å²) in [6.07, 6.45) is 4.74. The predicted octanol–water partition coefficient (Wildman–Crippen LogP) is 1.20. The Morgan fingerprint density at radius 1 is 1.63 bits per heavy atom. The zero-order chi connectivity index (χ0) is 14.3. The average Bonchev–Trinajstić information content (AvgIpc) is 2.44. The van der Waals surface area contributed by atoms with Crippen molar-refractivity contribution in [2.45, 2.75) is 26.3 Å². The molecule has 0 saturated carbocycles. The molecule has 6 heteroatoms. The van der Waals surface area contributed by atoms with Crippen LogP contribution in [0.25, 0.3) is 0 Å². The molecule has 104 valence electrons. The smallest absolute Gasteiger partial charge is 0.233 e. The maximum atomic E-state index is 12.3. The summed E-state index contributed by atoms with van der Waals surface area (Å²) in [6, 6.07) is 3.72. The van der Waals surface area contributed by atoms with Gasteiger partial charge in [-0.2, -0.15) is 0 Å². The number of nitrogens with two attached hydrogens (primary N) is 1. The van der Waals surface area contributed by atoms with E-state index in [1.807, 2.05) is 19.1 Å². The van der Waals surface area contributed by atoms with Crippen molar-refractivity contribution in [1.29, 1.82) is 0 Å². The van der Waals surface area contributed by atoms with Gasteiger partial charge >= 0.3 is 0 Å². The molecule has 0 aliphatic rings. The number of rotatable bonds is 6. The second-order valence-corrected chi connectivity index (χ2v) is 4.42. The van der Waals surface area contributed by atoms with Crippen LogP contribution in [0.1, 0.15) is 25.3 Å². The molecule has 0 saturated heterocycles. The minimum absolute atomic E-state index is 0.0371. The Balaban J connectivity index is 2.74. The van der Waals surface area contributed by atoms with Crippen LogP contribution in [0.4, 0.5) is 0 Å². The summed E-state index contributed by atoms with van der Waals surface area (Å²) in [5.41, 5.74) is 6.51. The molecule has 0 bridgehead atoms. The van der Waals surface area contributed by atoms with Gasteiger partial charge < -0.3 is 15.8 Å². The molecule has 1 unspecified atom stereocenters. The van der Waals surface area contributed by atoms with E-state index in [0.29, 0.717) is 13.0 Å². The van der Waals surface area contributed by atoms with E-state index in [2.05, 4.69) is 10.1 Å². The third kappa shape index (κ3) is 4.24. The molecule has 1 amide bonds. The third-order valence-corrected chi connectivity index (χ3v) is 2.87. The second-order valence-electron chi connectivity index (χ2n) is 4.42. The van der Waals surface area contributed by atoms with E-state index in [0.717, 1.165) is 12.0 Å². The number of oxime groups is 1. The summed E-state index contributed by atoms with van der Waals surface area (Å²) in [7, 11) is 1.70. The molecule has 1 heterocycles. The standard InChI is InChI=1S/C13H20N4O2/c1-3-5-11(12(14)16-19)13(18)17(2)9-10-6-4-7-15-8-10/h4,6-8,11,19H,3,5,9H2,1-2H3,(H2,14,16). The highest BCUT2D eigenvalue weighted by molar-refractivity contribution is 6.01. The van der Waals surface area contributed by atoms with E-state index >= 15 is 0 Å². The van der Waals surface area contributed by atoms with Gasteiger partial charge in [0.15, 0.2) is 5.84 Å². The van der Waals surface area contributed by atoms with Gasteiger partial charge in [-0.1, -0.05) is 24.6 Å². The number of carbonyl (C=O) groups is 1. The van der Waals surface area contributed by atoms with Gasteiger partial charge in [-0.3, -0.25) is 9.78 Å². The van der Waals surface area contributed by atoms with Crippen LogP contribution < -0.4 is 5.73 Å². The number of nitrogens with zero attached hydrogens (tertiary/aromatic N) is 3. The van der Waals surface area contributed by atoms with Crippen molar-refractivity contribution in [3.63, 3.8) is 0 Å². The normalized spacial score (nSPS) is 13.1. The molecule has 0 fully saturated rings. The molecular formula is C13H20N4O2. The second kappa shape index (κ2) is 7.35. The summed E-state index contributed by atoms with van der Waals surface area (Å²) in [6.45, 7) is 2.40. The zero-order valence-electron chi connectivity index (χ0n) is 11.3. The van der Waals surface area contributed by atoms with Crippen molar-refractivity contribution < 1.29 is 10.0 Å². The molecule has 6 nitrogen and oxygen atoms in total. The Bertz CT molecular complexity index is 434. The van der Waals surface area contributed by atoms with Gasteiger partial charge in [0, 0.05) is 26.0 Å². The van der Waals surface area contributed by atoms with E-state index < -0.39 is 5.92 Å². The summed E-state index contributed by atoms with van der Waals surface area (Å²) in [5.74, 6) is -0.762. The van der Waals surface area contributed by atoms with Gasteiger partial charge in [0.2, 0.25) is 5.91 Å². The van der Waals surface area contributed by atoms with Gasteiger partial charge in [0.1, 0.15) is 0 Å². The van der Waals surface area contributed by atoms with Crippen LogP contribution in [0.5, 0.6) is 0 Å². The molecule has 0 aliphatic carbocycles. The molecule has 1 atom stereocenters. The lowest BCUT2D eigenvalue weighted by Crippen LogP contribution is -2.39. The minimum Gasteiger partial charge on any atom is -0.409 e. The van der Waals surface area contributed by atoms with Crippen molar-refractivity contribution in [3.8, 4) is 0 Å². The fourth-order valence-electron chi connectivity index (χ4n) is 1.87. The summed E-state index contributed by atoms with van der Waals surface area (Å²) in [5, 5.41) is 11.7. The largest absolute Gasteiger partial charge is 0.409 e. The van der Waals surface area contributed by atoms with Crippen molar-refractivity contribution in [2.75, 3.05) is 7.05 Å². The highest BCUT2D eigenvalue weighted by Crippen LogP contribution is 2.12. The van der Waals surface area contributed by atoms with Crippen molar-refractivity contribution in [1.82, 2.24) is 9.88 Å². The first-order valence-electron chi connectivity index (χ1n) is 6.21. The average molecular weight is 264 g/mol. The van der Waals surface area contributed by atoms with Crippen LogP contribution in [0.2, 0.25) is 0 Å². The predicted molar refractivity (Wildman–Crippen MR) is 72.5 cm³/mol. The quantitative estimate of drug-likeness (QED) is 0.349.